The summed E-state index contributed by atoms with van der Waals surface area (Å²) in [5.74, 6) is -0.733. The van der Waals surface area contributed by atoms with Gasteiger partial charge in [-0.3, -0.25) is 0 Å². The van der Waals surface area contributed by atoms with Crippen molar-refractivity contribution >= 4 is 7.85 Å². The van der Waals surface area contributed by atoms with Crippen LogP contribution in [0.25, 0.3) is 0 Å². The van der Waals surface area contributed by atoms with E-state index in [2.05, 4.69) is 4.74 Å². The molecule has 1 aromatic rings. The number of hydrogen-bond acceptors (Lipinski definition) is 2. The fourth-order valence-electron chi connectivity index (χ4n) is 1.07. The van der Waals surface area contributed by atoms with Gasteiger partial charge in [0.1, 0.15) is 13.6 Å². The van der Waals surface area contributed by atoms with Crippen molar-refractivity contribution in [3.05, 3.63) is 29.8 Å². The Bertz CT molecular complexity index is 314. The highest BCUT2D eigenvalue weighted by Gasteiger charge is 2.32. The Balaban J connectivity index is 2.96. The fourth-order valence-corrected chi connectivity index (χ4v) is 1.07. The number of alkyl halides is 3. The van der Waals surface area contributed by atoms with Crippen LogP contribution in [0, 0.1) is 0 Å². The number of para-hydroxylation sites is 1. The van der Waals surface area contributed by atoms with Crippen molar-refractivity contribution in [3.8, 4) is 5.75 Å². The SMILES string of the molecule is BC(N)c1ccccc1OC(F)(F)F. The lowest BCUT2D eigenvalue weighted by Gasteiger charge is -2.14. The zero-order valence-electron chi connectivity index (χ0n) is 7.51. The molecule has 2 nitrogen and oxygen atoms in total. The molecular formula is C8H9BF3NO. The van der Waals surface area contributed by atoms with Crippen molar-refractivity contribution in [2.24, 2.45) is 5.73 Å². The molecule has 2 N–H and O–H groups in total. The molecule has 14 heavy (non-hydrogen) atoms. The molecule has 0 saturated carbocycles. The number of nitrogens with two attached hydrogens (primary N) is 1. The predicted octanol–water partition coefficient (Wildman–Crippen LogP) is 1.18. The van der Waals surface area contributed by atoms with Gasteiger partial charge in [-0.25, -0.2) is 0 Å². The summed E-state index contributed by atoms with van der Waals surface area (Å²) in [4.78, 5) is 0. The average molecular weight is 203 g/mol. The van der Waals surface area contributed by atoms with Crippen molar-refractivity contribution < 1.29 is 17.9 Å². The Morgan fingerprint density at radius 2 is 1.86 bits per heavy atom. The van der Waals surface area contributed by atoms with Gasteiger partial charge in [0, 0.05) is 11.5 Å². The van der Waals surface area contributed by atoms with Gasteiger partial charge < -0.3 is 10.5 Å². The zero-order valence-corrected chi connectivity index (χ0v) is 7.51. The molecule has 0 aliphatic heterocycles. The predicted molar refractivity (Wildman–Crippen MR) is 48.6 cm³/mol. The van der Waals surface area contributed by atoms with Crippen molar-refractivity contribution in [2.45, 2.75) is 12.3 Å². The quantitative estimate of drug-likeness (QED) is 0.732. The molecule has 6 heteroatoms. The minimum absolute atomic E-state index is 0.241. The Morgan fingerprint density at radius 3 is 2.36 bits per heavy atom. The number of benzene rings is 1. The molecule has 1 aromatic carbocycles. The van der Waals surface area contributed by atoms with Crippen LogP contribution in [0.15, 0.2) is 24.3 Å². The maximum absolute atomic E-state index is 11.9. The Labute approximate surface area is 80.3 Å². The molecule has 76 valence electrons. The van der Waals surface area contributed by atoms with E-state index in [-0.39, 0.29) is 5.75 Å². The highest BCUT2D eigenvalue weighted by molar-refractivity contribution is 6.12. The zero-order chi connectivity index (χ0) is 10.8. The van der Waals surface area contributed by atoms with Crippen LogP contribution in [0.5, 0.6) is 5.75 Å². The molecule has 0 bridgehead atoms. The summed E-state index contributed by atoms with van der Waals surface area (Å²) in [6, 6.07) is 5.83. The third-order valence-electron chi connectivity index (χ3n) is 1.64. The summed E-state index contributed by atoms with van der Waals surface area (Å²) in [6.45, 7) is 0. The summed E-state index contributed by atoms with van der Waals surface area (Å²) < 4.78 is 39.6. The van der Waals surface area contributed by atoms with E-state index < -0.39 is 12.3 Å². The van der Waals surface area contributed by atoms with Crippen LogP contribution in [0.3, 0.4) is 0 Å². The van der Waals surface area contributed by atoms with Gasteiger partial charge in [0.2, 0.25) is 0 Å². The van der Waals surface area contributed by atoms with Gasteiger partial charge in [0.05, 0.1) is 0 Å². The summed E-state index contributed by atoms with van der Waals surface area (Å²) in [6.07, 6.45) is -4.68. The van der Waals surface area contributed by atoms with Gasteiger partial charge >= 0.3 is 6.36 Å². The van der Waals surface area contributed by atoms with E-state index >= 15 is 0 Å². The summed E-state index contributed by atoms with van der Waals surface area (Å²) in [5, 5.41) is 0. The lowest BCUT2D eigenvalue weighted by Crippen LogP contribution is -2.20. The first-order valence-corrected chi connectivity index (χ1v) is 4.00. The first kappa shape index (κ1) is 10.9. The van der Waals surface area contributed by atoms with Gasteiger partial charge in [-0.05, 0) is 6.07 Å². The van der Waals surface area contributed by atoms with Crippen LogP contribution >= 0.6 is 0 Å². The Morgan fingerprint density at radius 1 is 1.29 bits per heavy atom. The summed E-state index contributed by atoms with van der Waals surface area (Å²) in [7, 11) is 1.60. The minimum atomic E-state index is -4.68. The van der Waals surface area contributed by atoms with Gasteiger partial charge in [0.15, 0.2) is 0 Å². The van der Waals surface area contributed by atoms with E-state index in [1.165, 1.54) is 18.2 Å². The molecule has 0 heterocycles. The maximum Gasteiger partial charge on any atom is 0.573 e. The molecular weight excluding hydrogens is 194 g/mol. The van der Waals surface area contributed by atoms with E-state index in [0.717, 1.165) is 0 Å². The van der Waals surface area contributed by atoms with Crippen LogP contribution in [0.1, 0.15) is 11.5 Å². The monoisotopic (exact) mass is 203 g/mol. The topological polar surface area (TPSA) is 35.2 Å². The molecule has 0 radical (unpaired) electrons. The van der Waals surface area contributed by atoms with Gasteiger partial charge in [0.25, 0.3) is 0 Å². The van der Waals surface area contributed by atoms with E-state index in [4.69, 9.17) is 5.73 Å². The van der Waals surface area contributed by atoms with Crippen molar-refractivity contribution in [1.82, 2.24) is 0 Å². The van der Waals surface area contributed by atoms with Crippen LogP contribution < -0.4 is 10.5 Å². The minimum Gasteiger partial charge on any atom is -0.405 e. The molecule has 0 aliphatic rings. The first-order valence-electron chi connectivity index (χ1n) is 4.00. The summed E-state index contributed by atoms with van der Waals surface area (Å²) >= 11 is 0. The molecule has 0 saturated heterocycles. The fraction of sp³-hybridized carbons (Fsp3) is 0.250. The Hall–Kier alpha value is -1.17. The van der Waals surface area contributed by atoms with Crippen molar-refractivity contribution in [3.63, 3.8) is 0 Å². The number of hydrogen-bond donors (Lipinski definition) is 1. The van der Waals surface area contributed by atoms with Crippen LogP contribution in [-0.4, -0.2) is 14.2 Å². The van der Waals surface area contributed by atoms with Crippen molar-refractivity contribution in [1.29, 1.82) is 0 Å². The number of rotatable bonds is 2. The molecule has 1 rings (SSSR count). The van der Waals surface area contributed by atoms with E-state index in [1.807, 2.05) is 0 Å². The highest BCUT2D eigenvalue weighted by atomic mass is 19.4. The molecule has 0 aliphatic carbocycles. The van der Waals surface area contributed by atoms with E-state index in [1.54, 1.807) is 13.9 Å². The standard InChI is InChI=1S/C8H9BF3NO/c9-7(13)5-3-1-2-4-6(5)14-8(10,11)12/h1-4,7H,9,13H2. The molecule has 0 spiro atoms. The molecule has 0 fully saturated rings. The van der Waals surface area contributed by atoms with E-state index in [0.29, 0.717) is 5.56 Å². The second-order valence-electron chi connectivity index (χ2n) is 2.87. The van der Waals surface area contributed by atoms with Crippen LogP contribution in [0.2, 0.25) is 0 Å². The smallest absolute Gasteiger partial charge is 0.405 e. The first-order chi connectivity index (χ1) is 6.40. The highest BCUT2D eigenvalue weighted by Crippen LogP contribution is 2.28. The van der Waals surface area contributed by atoms with Gasteiger partial charge in [-0.15, -0.1) is 13.2 Å². The molecule has 1 unspecified atom stereocenters. The second-order valence-corrected chi connectivity index (χ2v) is 2.87. The van der Waals surface area contributed by atoms with Crippen molar-refractivity contribution in [2.75, 3.05) is 0 Å². The molecule has 0 amide bonds. The molecule has 1 atom stereocenters. The van der Waals surface area contributed by atoms with Crippen LogP contribution in [-0.2, 0) is 0 Å². The number of halogens is 3. The van der Waals surface area contributed by atoms with Gasteiger partial charge in [-0.2, -0.15) is 0 Å². The normalized spacial score (nSPS) is 13.7. The lowest BCUT2D eigenvalue weighted by molar-refractivity contribution is -0.274. The summed E-state index contributed by atoms with van der Waals surface area (Å²) in [5.41, 5.74) is 5.82. The third kappa shape index (κ3) is 2.95. The van der Waals surface area contributed by atoms with E-state index in [9.17, 15) is 13.2 Å². The molecule has 0 aromatic heterocycles. The lowest BCUT2D eigenvalue weighted by atomic mass is 9.89. The Kier molecular flexibility index (Phi) is 3.05. The average Bonchev–Trinajstić information content (AvgIpc) is 2.01. The van der Waals surface area contributed by atoms with Gasteiger partial charge in [-0.1, -0.05) is 18.2 Å². The number of ether oxygens (including phenoxy) is 1. The van der Waals surface area contributed by atoms with Crippen LogP contribution in [0.4, 0.5) is 13.2 Å². The second kappa shape index (κ2) is 3.92. The largest absolute Gasteiger partial charge is 0.573 e. The maximum atomic E-state index is 11.9. The third-order valence-corrected chi connectivity index (χ3v) is 1.64.